The summed E-state index contributed by atoms with van der Waals surface area (Å²) in [6, 6.07) is 0. The topological polar surface area (TPSA) is 71.0 Å². The minimum atomic E-state index is -0.570. The molecule has 1 aliphatic rings. The van der Waals surface area contributed by atoms with E-state index in [2.05, 4.69) is 5.32 Å². The van der Waals surface area contributed by atoms with Gasteiger partial charge in [0.15, 0.2) is 0 Å². The first kappa shape index (κ1) is 19.2. The Morgan fingerprint density at radius 2 is 2.23 bits per heavy atom. The zero-order chi connectivity index (χ0) is 16.6. The van der Waals surface area contributed by atoms with Crippen LogP contribution in [-0.2, 0) is 9.47 Å². The molecule has 130 valence electrons. The molecule has 0 aromatic heterocycles. The van der Waals surface area contributed by atoms with E-state index < -0.39 is 11.7 Å². The van der Waals surface area contributed by atoms with E-state index in [0.29, 0.717) is 19.0 Å². The van der Waals surface area contributed by atoms with Gasteiger partial charge in [0.2, 0.25) is 0 Å². The van der Waals surface area contributed by atoms with Crippen LogP contribution >= 0.6 is 0 Å². The summed E-state index contributed by atoms with van der Waals surface area (Å²) >= 11 is 0. The summed E-state index contributed by atoms with van der Waals surface area (Å²) in [5.74, 6) is 0.556. The fourth-order valence-corrected chi connectivity index (χ4v) is 2.39. The second kappa shape index (κ2) is 9.33. The number of hydrogen-bond donors (Lipinski definition) is 2. The van der Waals surface area contributed by atoms with Crippen LogP contribution in [0.3, 0.4) is 0 Å². The number of amides is 1. The second-order valence-corrected chi connectivity index (χ2v) is 7.06. The number of carbonyl (C=O) groups is 1. The molecule has 2 N–H and O–H groups in total. The van der Waals surface area contributed by atoms with Crippen molar-refractivity contribution >= 4 is 6.09 Å². The van der Waals surface area contributed by atoms with Gasteiger partial charge in [0.05, 0.1) is 12.7 Å². The van der Waals surface area contributed by atoms with E-state index in [9.17, 15) is 9.90 Å². The van der Waals surface area contributed by atoms with Gasteiger partial charge in [-0.3, -0.25) is 0 Å². The average molecular weight is 316 g/mol. The first-order chi connectivity index (χ1) is 10.3. The maximum absolute atomic E-state index is 12.1. The van der Waals surface area contributed by atoms with Crippen molar-refractivity contribution in [1.29, 1.82) is 0 Å². The zero-order valence-electron chi connectivity index (χ0n) is 14.4. The number of hydrogen-bond acceptors (Lipinski definition) is 5. The van der Waals surface area contributed by atoms with E-state index in [1.807, 2.05) is 20.8 Å². The third-order valence-corrected chi connectivity index (χ3v) is 3.38. The van der Waals surface area contributed by atoms with Gasteiger partial charge in [0, 0.05) is 32.8 Å². The molecule has 0 bridgehead atoms. The highest BCUT2D eigenvalue weighted by Gasteiger charge is 2.23. The number of aliphatic hydroxyl groups is 1. The SMILES string of the molecule is CC(O)CN(CCNCC1CCCOC1)C(=O)OC(C)(C)C. The summed E-state index contributed by atoms with van der Waals surface area (Å²) in [5, 5.41) is 12.9. The predicted molar refractivity (Wildman–Crippen MR) is 85.9 cm³/mol. The Balaban J connectivity index is 2.32. The van der Waals surface area contributed by atoms with Gasteiger partial charge in [-0.05, 0) is 46.5 Å². The molecule has 1 saturated heterocycles. The van der Waals surface area contributed by atoms with Gasteiger partial charge >= 0.3 is 6.09 Å². The molecule has 0 aliphatic carbocycles. The lowest BCUT2D eigenvalue weighted by Crippen LogP contribution is -2.44. The smallest absolute Gasteiger partial charge is 0.410 e. The van der Waals surface area contributed by atoms with Crippen LogP contribution in [0.25, 0.3) is 0 Å². The molecule has 0 saturated carbocycles. The van der Waals surface area contributed by atoms with Crippen molar-refractivity contribution in [3.8, 4) is 0 Å². The molecular formula is C16H32N2O4. The standard InChI is InChI=1S/C16H32N2O4/c1-13(19)11-18(15(20)22-16(2,3)4)8-7-17-10-14-6-5-9-21-12-14/h13-14,17,19H,5-12H2,1-4H3. The molecule has 1 amide bonds. The number of rotatable bonds is 7. The first-order valence-electron chi connectivity index (χ1n) is 8.22. The Hall–Kier alpha value is -0.850. The lowest BCUT2D eigenvalue weighted by Gasteiger charge is -2.28. The summed E-state index contributed by atoms with van der Waals surface area (Å²) in [5.41, 5.74) is -0.527. The average Bonchev–Trinajstić information content (AvgIpc) is 2.41. The Bertz CT molecular complexity index is 323. The van der Waals surface area contributed by atoms with Gasteiger partial charge < -0.3 is 24.8 Å². The van der Waals surface area contributed by atoms with Gasteiger partial charge in [0.1, 0.15) is 5.60 Å². The van der Waals surface area contributed by atoms with Crippen molar-refractivity contribution < 1.29 is 19.4 Å². The molecule has 1 fully saturated rings. The van der Waals surface area contributed by atoms with Crippen LogP contribution in [0.15, 0.2) is 0 Å². The summed E-state index contributed by atoms with van der Waals surface area (Å²) in [4.78, 5) is 13.7. The maximum Gasteiger partial charge on any atom is 0.410 e. The van der Waals surface area contributed by atoms with Gasteiger partial charge in [0.25, 0.3) is 0 Å². The second-order valence-electron chi connectivity index (χ2n) is 7.06. The van der Waals surface area contributed by atoms with Crippen LogP contribution in [0.5, 0.6) is 0 Å². The molecule has 6 nitrogen and oxygen atoms in total. The minimum absolute atomic E-state index is 0.281. The highest BCUT2D eigenvalue weighted by atomic mass is 16.6. The lowest BCUT2D eigenvalue weighted by atomic mass is 10.0. The quantitative estimate of drug-likeness (QED) is 0.699. The molecule has 0 spiro atoms. The van der Waals surface area contributed by atoms with E-state index in [-0.39, 0.29) is 12.6 Å². The summed E-state index contributed by atoms with van der Waals surface area (Å²) in [7, 11) is 0. The van der Waals surface area contributed by atoms with Gasteiger partial charge in [-0.2, -0.15) is 0 Å². The highest BCUT2D eigenvalue weighted by molar-refractivity contribution is 5.68. The molecule has 22 heavy (non-hydrogen) atoms. The number of nitrogens with one attached hydrogen (secondary N) is 1. The number of nitrogens with zero attached hydrogens (tertiary/aromatic N) is 1. The summed E-state index contributed by atoms with van der Waals surface area (Å²) in [6.07, 6.45) is 1.37. The Morgan fingerprint density at radius 3 is 2.77 bits per heavy atom. The number of aliphatic hydroxyl groups excluding tert-OH is 1. The van der Waals surface area contributed by atoms with Gasteiger partial charge in [-0.1, -0.05) is 0 Å². The molecule has 1 aliphatic heterocycles. The van der Waals surface area contributed by atoms with E-state index in [1.165, 1.54) is 6.42 Å². The van der Waals surface area contributed by atoms with E-state index >= 15 is 0 Å². The van der Waals surface area contributed by atoms with Gasteiger partial charge in [-0.25, -0.2) is 4.79 Å². The minimum Gasteiger partial charge on any atom is -0.444 e. The first-order valence-corrected chi connectivity index (χ1v) is 8.22. The fraction of sp³-hybridized carbons (Fsp3) is 0.938. The molecule has 0 aromatic rings. The van der Waals surface area contributed by atoms with Crippen LogP contribution in [-0.4, -0.2) is 67.2 Å². The third-order valence-electron chi connectivity index (χ3n) is 3.38. The molecule has 1 rings (SSSR count). The largest absolute Gasteiger partial charge is 0.444 e. The van der Waals surface area contributed by atoms with Crippen molar-refractivity contribution in [2.75, 3.05) is 39.4 Å². The van der Waals surface area contributed by atoms with Crippen LogP contribution in [0, 0.1) is 5.92 Å². The van der Waals surface area contributed by atoms with Crippen molar-refractivity contribution in [3.05, 3.63) is 0 Å². The lowest BCUT2D eigenvalue weighted by molar-refractivity contribution is 0.0161. The molecule has 2 unspecified atom stereocenters. The molecule has 0 radical (unpaired) electrons. The van der Waals surface area contributed by atoms with Crippen LogP contribution < -0.4 is 5.32 Å². The van der Waals surface area contributed by atoms with Crippen LogP contribution in [0.4, 0.5) is 4.79 Å². The zero-order valence-corrected chi connectivity index (χ0v) is 14.4. The van der Waals surface area contributed by atoms with Crippen molar-refractivity contribution in [2.24, 2.45) is 5.92 Å². The Labute approximate surface area is 134 Å². The van der Waals surface area contributed by atoms with Crippen molar-refractivity contribution in [2.45, 2.75) is 52.2 Å². The fourth-order valence-electron chi connectivity index (χ4n) is 2.39. The molecule has 1 heterocycles. The molecule has 6 heteroatoms. The Kier molecular flexibility index (Phi) is 8.14. The van der Waals surface area contributed by atoms with Crippen LogP contribution in [0.2, 0.25) is 0 Å². The van der Waals surface area contributed by atoms with Crippen LogP contribution in [0.1, 0.15) is 40.5 Å². The van der Waals surface area contributed by atoms with E-state index in [1.54, 1.807) is 11.8 Å². The van der Waals surface area contributed by atoms with Crippen molar-refractivity contribution in [3.63, 3.8) is 0 Å². The molecule has 0 aromatic carbocycles. The summed E-state index contributed by atoms with van der Waals surface area (Å²) < 4.78 is 10.8. The Morgan fingerprint density at radius 1 is 1.50 bits per heavy atom. The third kappa shape index (κ3) is 8.56. The number of ether oxygens (including phenoxy) is 2. The van der Waals surface area contributed by atoms with E-state index in [0.717, 1.165) is 26.2 Å². The maximum atomic E-state index is 12.1. The molecule has 2 atom stereocenters. The van der Waals surface area contributed by atoms with Crippen molar-refractivity contribution in [1.82, 2.24) is 10.2 Å². The van der Waals surface area contributed by atoms with Gasteiger partial charge in [-0.15, -0.1) is 0 Å². The normalized spacial score (nSPS) is 20.5. The highest BCUT2D eigenvalue weighted by Crippen LogP contribution is 2.12. The summed E-state index contributed by atoms with van der Waals surface area (Å²) in [6.45, 7) is 11.3. The monoisotopic (exact) mass is 316 g/mol. The predicted octanol–water partition coefficient (Wildman–Crippen LogP) is 1.62. The van der Waals surface area contributed by atoms with E-state index in [4.69, 9.17) is 9.47 Å². The molecular weight excluding hydrogens is 284 g/mol. The number of carbonyl (C=O) groups excluding carboxylic acids is 1.